The molecule has 0 saturated heterocycles. The molecule has 0 aliphatic rings. The molecule has 0 saturated carbocycles. The molecule has 57 heavy (non-hydrogen) atoms. The third-order valence-corrected chi connectivity index (χ3v) is 11.1. The fraction of sp³-hybridized carbons (Fsp3) is 0. The summed E-state index contributed by atoms with van der Waals surface area (Å²) < 4.78 is 15.9. The van der Waals surface area contributed by atoms with Gasteiger partial charge in [0.1, 0.15) is 22.3 Å². The number of hydrogen-bond acceptors (Lipinski definition) is 5. The Labute approximate surface area is 325 Å². The van der Waals surface area contributed by atoms with Crippen molar-refractivity contribution in [3.8, 4) is 51.0 Å². The van der Waals surface area contributed by atoms with Crippen molar-refractivity contribution < 1.29 is 8.83 Å². The predicted octanol–water partition coefficient (Wildman–Crippen LogP) is 13.4. The fourth-order valence-corrected chi connectivity index (χ4v) is 8.43. The second-order valence-electron chi connectivity index (χ2n) is 14.4. The van der Waals surface area contributed by atoms with Gasteiger partial charge in [0.25, 0.3) is 0 Å². The Balaban J connectivity index is 0.991. The van der Waals surface area contributed by atoms with Crippen molar-refractivity contribution >= 4 is 65.7 Å². The van der Waals surface area contributed by atoms with Gasteiger partial charge < -0.3 is 13.4 Å². The van der Waals surface area contributed by atoms with Crippen LogP contribution in [0.3, 0.4) is 0 Å². The minimum atomic E-state index is 0.554. The van der Waals surface area contributed by atoms with Gasteiger partial charge in [-0.2, -0.15) is 0 Å². The standard InChI is InChI=1S/C51H30N4O2/c1-3-13-31(14-4-1)49-52-50(32-15-5-2-6-16-32)54-51(53-49)42-22-12-21-41-40-20-11-19-35(47(40)57-48(41)42)33-25-27-38-39-28-26-34(30-46(39)56-45(38)29-33)55-43-23-9-7-17-36(43)37-18-8-10-24-44(37)55/h1-30H. The largest absolute Gasteiger partial charge is 0.456 e. The van der Waals surface area contributed by atoms with Crippen molar-refractivity contribution in [3.63, 3.8) is 0 Å². The topological polar surface area (TPSA) is 69.9 Å². The lowest BCUT2D eigenvalue weighted by atomic mass is 10.0. The summed E-state index contributed by atoms with van der Waals surface area (Å²) in [4.78, 5) is 14.9. The zero-order valence-electron chi connectivity index (χ0n) is 30.4. The Bertz CT molecular complexity index is 3410. The number of furan rings is 2. The number of hydrogen-bond donors (Lipinski definition) is 0. The van der Waals surface area contributed by atoms with Crippen molar-refractivity contribution in [2.75, 3.05) is 0 Å². The summed E-state index contributed by atoms with van der Waals surface area (Å²) in [6.45, 7) is 0. The molecule has 12 rings (SSSR count). The molecule has 0 amide bonds. The van der Waals surface area contributed by atoms with E-state index in [9.17, 15) is 0 Å². The van der Waals surface area contributed by atoms with E-state index in [2.05, 4.69) is 114 Å². The van der Waals surface area contributed by atoms with Crippen LogP contribution in [-0.2, 0) is 0 Å². The molecule has 4 heterocycles. The SMILES string of the molecule is c1ccc(-c2nc(-c3ccccc3)nc(-c3cccc4c3oc3c(-c5ccc6c(c5)oc5cc(-n7c8ccccc8c8ccccc87)ccc56)cccc34)n2)cc1. The third kappa shape index (κ3) is 4.94. The number of rotatable bonds is 5. The highest BCUT2D eigenvalue weighted by molar-refractivity contribution is 6.14. The molecule has 12 aromatic rings. The lowest BCUT2D eigenvalue weighted by Gasteiger charge is -2.08. The summed E-state index contributed by atoms with van der Waals surface area (Å²) in [6, 6.07) is 62.6. The quantitative estimate of drug-likeness (QED) is 0.176. The van der Waals surface area contributed by atoms with Gasteiger partial charge in [-0.15, -0.1) is 0 Å². The summed E-state index contributed by atoms with van der Waals surface area (Å²) in [5.74, 6) is 1.77. The number of fused-ring (bicyclic) bond motifs is 9. The fourth-order valence-electron chi connectivity index (χ4n) is 8.43. The molecule has 0 N–H and O–H groups in total. The van der Waals surface area contributed by atoms with Gasteiger partial charge >= 0.3 is 0 Å². The third-order valence-electron chi connectivity index (χ3n) is 11.1. The first kappa shape index (κ1) is 31.5. The number of nitrogens with zero attached hydrogens (tertiary/aromatic N) is 4. The Morgan fingerprint density at radius 3 is 1.49 bits per heavy atom. The molecular weight excluding hydrogens is 701 g/mol. The highest BCUT2D eigenvalue weighted by atomic mass is 16.3. The maximum Gasteiger partial charge on any atom is 0.167 e. The molecule has 0 spiro atoms. The van der Waals surface area contributed by atoms with E-state index < -0.39 is 0 Å². The molecule has 4 aromatic heterocycles. The van der Waals surface area contributed by atoms with Crippen molar-refractivity contribution in [3.05, 3.63) is 182 Å². The Kier molecular flexibility index (Phi) is 6.83. The van der Waals surface area contributed by atoms with Gasteiger partial charge in [-0.3, -0.25) is 0 Å². The van der Waals surface area contributed by atoms with Crippen molar-refractivity contribution in [1.82, 2.24) is 19.5 Å². The van der Waals surface area contributed by atoms with Gasteiger partial charge in [0.05, 0.1) is 16.6 Å². The van der Waals surface area contributed by atoms with Crippen molar-refractivity contribution in [1.29, 1.82) is 0 Å². The average molecular weight is 731 g/mol. The first-order chi connectivity index (χ1) is 28.2. The number of benzene rings is 8. The van der Waals surface area contributed by atoms with E-state index in [4.69, 9.17) is 23.8 Å². The van der Waals surface area contributed by atoms with Crippen LogP contribution in [0.15, 0.2) is 191 Å². The highest BCUT2D eigenvalue weighted by Gasteiger charge is 2.20. The van der Waals surface area contributed by atoms with Crippen LogP contribution >= 0.6 is 0 Å². The van der Waals surface area contributed by atoms with Crippen LogP contribution in [0.4, 0.5) is 0 Å². The highest BCUT2D eigenvalue weighted by Crippen LogP contribution is 2.42. The Morgan fingerprint density at radius 1 is 0.333 bits per heavy atom. The van der Waals surface area contributed by atoms with Gasteiger partial charge in [-0.05, 0) is 48.0 Å². The van der Waals surface area contributed by atoms with Crippen molar-refractivity contribution in [2.24, 2.45) is 0 Å². The van der Waals surface area contributed by atoms with Crippen LogP contribution in [0.2, 0.25) is 0 Å². The molecule has 0 atom stereocenters. The van der Waals surface area contributed by atoms with Crippen LogP contribution in [0, 0.1) is 0 Å². The predicted molar refractivity (Wildman–Crippen MR) is 230 cm³/mol. The minimum absolute atomic E-state index is 0.554. The van der Waals surface area contributed by atoms with Crippen LogP contribution in [0.1, 0.15) is 0 Å². The Morgan fingerprint density at radius 2 is 0.842 bits per heavy atom. The van der Waals surface area contributed by atoms with E-state index in [1.54, 1.807) is 0 Å². The van der Waals surface area contributed by atoms with E-state index >= 15 is 0 Å². The van der Waals surface area contributed by atoms with E-state index in [0.717, 1.165) is 77.4 Å². The molecule has 0 radical (unpaired) electrons. The van der Waals surface area contributed by atoms with Crippen LogP contribution < -0.4 is 0 Å². The summed E-state index contributed by atoms with van der Waals surface area (Å²) in [6.07, 6.45) is 0. The molecular formula is C51H30N4O2. The molecule has 8 aromatic carbocycles. The maximum atomic E-state index is 6.88. The molecule has 0 aliphatic heterocycles. The number of aromatic nitrogens is 4. The minimum Gasteiger partial charge on any atom is -0.456 e. The normalized spacial score (nSPS) is 11.9. The van der Waals surface area contributed by atoms with Gasteiger partial charge in [0.2, 0.25) is 0 Å². The van der Waals surface area contributed by atoms with Crippen LogP contribution in [0.5, 0.6) is 0 Å². The van der Waals surface area contributed by atoms with Gasteiger partial charge in [-0.25, -0.2) is 15.0 Å². The monoisotopic (exact) mass is 730 g/mol. The average Bonchev–Trinajstić information content (AvgIpc) is 3.96. The van der Waals surface area contributed by atoms with Crippen molar-refractivity contribution in [2.45, 2.75) is 0 Å². The smallest absolute Gasteiger partial charge is 0.167 e. The van der Waals surface area contributed by atoms with Gasteiger partial charge in [0.15, 0.2) is 17.5 Å². The van der Waals surface area contributed by atoms with E-state index in [1.165, 1.54) is 21.8 Å². The maximum absolute atomic E-state index is 6.88. The van der Waals surface area contributed by atoms with Gasteiger partial charge in [0, 0.05) is 60.8 Å². The van der Waals surface area contributed by atoms with E-state index in [-0.39, 0.29) is 0 Å². The second-order valence-corrected chi connectivity index (χ2v) is 14.4. The first-order valence-electron chi connectivity index (χ1n) is 19.0. The molecule has 6 heteroatoms. The Hall–Kier alpha value is -7.83. The molecule has 0 aliphatic carbocycles. The molecule has 0 fully saturated rings. The lowest BCUT2D eigenvalue weighted by Crippen LogP contribution is -2.00. The van der Waals surface area contributed by atoms with E-state index in [1.807, 2.05) is 72.8 Å². The molecule has 0 bridgehead atoms. The van der Waals surface area contributed by atoms with Gasteiger partial charge in [-0.1, -0.05) is 133 Å². The summed E-state index contributed by atoms with van der Waals surface area (Å²) in [7, 11) is 0. The number of para-hydroxylation sites is 4. The van der Waals surface area contributed by atoms with Crippen LogP contribution in [-0.4, -0.2) is 19.5 Å². The second kappa shape index (κ2) is 12.3. The zero-order chi connectivity index (χ0) is 37.5. The molecule has 6 nitrogen and oxygen atoms in total. The first-order valence-corrected chi connectivity index (χ1v) is 19.0. The summed E-state index contributed by atoms with van der Waals surface area (Å²) >= 11 is 0. The zero-order valence-corrected chi connectivity index (χ0v) is 30.4. The van der Waals surface area contributed by atoms with Crippen LogP contribution in [0.25, 0.3) is 117 Å². The van der Waals surface area contributed by atoms with E-state index in [0.29, 0.717) is 17.5 Å². The molecule has 0 unspecified atom stereocenters. The summed E-state index contributed by atoms with van der Waals surface area (Å²) in [5, 5.41) is 6.63. The molecule has 266 valence electrons. The lowest BCUT2D eigenvalue weighted by molar-refractivity contribution is 0.668. The summed E-state index contributed by atoms with van der Waals surface area (Å²) in [5.41, 5.74) is 11.2.